The number of carbonyl (C=O) groups excluding carboxylic acids is 1. The second-order valence-electron chi connectivity index (χ2n) is 4.48. The van der Waals surface area contributed by atoms with Gasteiger partial charge in [0, 0.05) is 6.04 Å². The predicted octanol–water partition coefficient (Wildman–Crippen LogP) is -0.154. The van der Waals surface area contributed by atoms with E-state index in [0.29, 0.717) is 0 Å². The molecule has 0 spiro atoms. The molecule has 1 aliphatic rings. The van der Waals surface area contributed by atoms with Gasteiger partial charge in [-0.15, -0.1) is 0 Å². The van der Waals surface area contributed by atoms with Crippen LogP contribution in [0.2, 0.25) is 0 Å². The minimum Gasteiger partial charge on any atom is -0.494 e. The number of carbonyl (C=O) groups is 1. The van der Waals surface area contributed by atoms with Crippen LogP contribution in [-0.2, 0) is 0 Å². The predicted molar refractivity (Wildman–Crippen MR) is 63.6 cm³/mol. The Bertz CT molecular complexity index is 581. The van der Waals surface area contributed by atoms with Crippen molar-refractivity contribution >= 4 is 5.91 Å². The number of nitrogens with zero attached hydrogens (tertiary/aromatic N) is 1. The number of H-pyrrole nitrogens is 1. The summed E-state index contributed by atoms with van der Waals surface area (Å²) in [5, 5.41) is 9.92. The van der Waals surface area contributed by atoms with Crippen molar-refractivity contribution in [1.82, 2.24) is 9.55 Å². The Kier molecular flexibility index (Phi) is 3.22. The smallest absolute Gasteiger partial charge is 0.331 e. The summed E-state index contributed by atoms with van der Waals surface area (Å²) >= 11 is 0. The van der Waals surface area contributed by atoms with E-state index >= 15 is 0 Å². The molecule has 1 aliphatic carbocycles. The van der Waals surface area contributed by atoms with E-state index in [0.717, 1.165) is 36.7 Å². The van der Waals surface area contributed by atoms with E-state index in [1.54, 1.807) is 0 Å². The van der Waals surface area contributed by atoms with Gasteiger partial charge in [-0.05, 0) is 12.8 Å². The molecule has 7 heteroatoms. The van der Waals surface area contributed by atoms with E-state index in [9.17, 15) is 19.5 Å². The number of hydrogen-bond acceptors (Lipinski definition) is 4. The Hall–Kier alpha value is -2.05. The SMILES string of the molecule is NC(=O)c1c(O)n(C2CCCCC2)c(=O)[nH]c1=O. The molecule has 98 valence electrons. The van der Waals surface area contributed by atoms with Gasteiger partial charge < -0.3 is 10.8 Å². The van der Waals surface area contributed by atoms with Gasteiger partial charge in [-0.1, -0.05) is 19.3 Å². The highest BCUT2D eigenvalue weighted by atomic mass is 16.3. The number of amides is 1. The quantitative estimate of drug-likeness (QED) is 0.678. The van der Waals surface area contributed by atoms with Crippen molar-refractivity contribution in [3.05, 3.63) is 26.4 Å². The monoisotopic (exact) mass is 253 g/mol. The summed E-state index contributed by atoms with van der Waals surface area (Å²) in [6, 6.07) is -0.193. The van der Waals surface area contributed by atoms with Gasteiger partial charge in [-0.25, -0.2) is 4.79 Å². The summed E-state index contributed by atoms with van der Waals surface area (Å²) in [5.41, 5.74) is 2.83. The molecule has 1 aromatic rings. The lowest BCUT2D eigenvalue weighted by Gasteiger charge is -2.24. The normalized spacial score (nSPS) is 16.7. The third kappa shape index (κ3) is 2.03. The minimum atomic E-state index is -1.04. The van der Waals surface area contributed by atoms with Crippen LogP contribution in [0.25, 0.3) is 0 Å². The molecule has 0 radical (unpaired) electrons. The molecule has 1 saturated carbocycles. The molecule has 1 amide bonds. The third-order valence-electron chi connectivity index (χ3n) is 3.30. The van der Waals surface area contributed by atoms with Crippen LogP contribution in [0.3, 0.4) is 0 Å². The van der Waals surface area contributed by atoms with Crippen molar-refractivity contribution in [2.75, 3.05) is 0 Å². The lowest BCUT2D eigenvalue weighted by molar-refractivity contribution is 0.0993. The number of nitrogens with one attached hydrogen (secondary N) is 1. The van der Waals surface area contributed by atoms with E-state index in [1.165, 1.54) is 0 Å². The molecule has 0 atom stereocenters. The van der Waals surface area contributed by atoms with Crippen LogP contribution in [0.1, 0.15) is 48.5 Å². The number of aromatic hydroxyl groups is 1. The molecule has 0 unspecified atom stereocenters. The number of aromatic nitrogens is 2. The average molecular weight is 253 g/mol. The Balaban J connectivity index is 2.59. The van der Waals surface area contributed by atoms with Crippen LogP contribution in [0, 0.1) is 0 Å². The Morgan fingerprint density at radius 3 is 2.44 bits per heavy atom. The average Bonchev–Trinajstić information content (AvgIpc) is 2.28. The molecule has 1 aromatic heterocycles. The zero-order valence-corrected chi connectivity index (χ0v) is 9.81. The Morgan fingerprint density at radius 2 is 1.89 bits per heavy atom. The van der Waals surface area contributed by atoms with E-state index in [2.05, 4.69) is 0 Å². The zero-order valence-electron chi connectivity index (χ0n) is 9.81. The maximum atomic E-state index is 11.7. The van der Waals surface area contributed by atoms with Gasteiger partial charge in [0.1, 0.15) is 0 Å². The minimum absolute atomic E-state index is 0.193. The lowest BCUT2D eigenvalue weighted by Crippen LogP contribution is -2.37. The number of primary amides is 1. The van der Waals surface area contributed by atoms with Gasteiger partial charge >= 0.3 is 5.69 Å². The number of nitrogens with two attached hydrogens (primary N) is 1. The molecule has 1 fully saturated rings. The van der Waals surface area contributed by atoms with E-state index in [4.69, 9.17) is 5.73 Å². The molecule has 0 aromatic carbocycles. The first-order chi connectivity index (χ1) is 8.52. The summed E-state index contributed by atoms with van der Waals surface area (Å²) in [5.74, 6) is -1.67. The van der Waals surface area contributed by atoms with Crippen LogP contribution in [0.4, 0.5) is 0 Å². The van der Waals surface area contributed by atoms with Crippen LogP contribution < -0.4 is 17.0 Å². The van der Waals surface area contributed by atoms with Gasteiger partial charge in [0.05, 0.1) is 0 Å². The fourth-order valence-electron chi connectivity index (χ4n) is 2.44. The topological polar surface area (TPSA) is 118 Å². The first-order valence-electron chi connectivity index (χ1n) is 5.90. The largest absolute Gasteiger partial charge is 0.494 e. The molecule has 0 saturated heterocycles. The van der Waals surface area contributed by atoms with Gasteiger partial charge in [-0.2, -0.15) is 0 Å². The van der Waals surface area contributed by atoms with Gasteiger partial charge in [-0.3, -0.25) is 19.1 Å². The third-order valence-corrected chi connectivity index (χ3v) is 3.30. The molecule has 7 nitrogen and oxygen atoms in total. The fourth-order valence-corrected chi connectivity index (χ4v) is 2.44. The number of aromatic amines is 1. The van der Waals surface area contributed by atoms with E-state index in [1.807, 2.05) is 4.98 Å². The van der Waals surface area contributed by atoms with E-state index in [-0.39, 0.29) is 6.04 Å². The van der Waals surface area contributed by atoms with Crippen molar-refractivity contribution in [2.24, 2.45) is 5.73 Å². The summed E-state index contributed by atoms with van der Waals surface area (Å²) < 4.78 is 1.07. The molecule has 0 bridgehead atoms. The van der Waals surface area contributed by atoms with Gasteiger partial charge in [0.15, 0.2) is 5.56 Å². The standard InChI is InChI=1S/C11H15N3O4/c12-8(15)7-9(16)13-11(18)14(10(7)17)6-4-2-1-3-5-6/h6,17H,1-5H2,(H2,12,15)(H,13,16,18). The van der Waals surface area contributed by atoms with Crippen molar-refractivity contribution in [3.63, 3.8) is 0 Å². The van der Waals surface area contributed by atoms with Crippen molar-refractivity contribution < 1.29 is 9.90 Å². The zero-order chi connectivity index (χ0) is 13.3. The molecule has 4 N–H and O–H groups in total. The summed E-state index contributed by atoms with van der Waals surface area (Å²) in [6.07, 6.45) is 4.44. The number of hydrogen-bond donors (Lipinski definition) is 3. The number of rotatable bonds is 2. The Morgan fingerprint density at radius 1 is 1.28 bits per heavy atom. The highest BCUT2D eigenvalue weighted by Crippen LogP contribution is 2.29. The molecular formula is C11H15N3O4. The van der Waals surface area contributed by atoms with Crippen LogP contribution in [0.5, 0.6) is 5.88 Å². The van der Waals surface area contributed by atoms with Crippen molar-refractivity contribution in [2.45, 2.75) is 38.1 Å². The van der Waals surface area contributed by atoms with E-state index < -0.39 is 28.6 Å². The Labute approximate surface area is 102 Å². The molecule has 18 heavy (non-hydrogen) atoms. The maximum Gasteiger partial charge on any atom is 0.331 e. The lowest BCUT2D eigenvalue weighted by atomic mass is 9.95. The second-order valence-corrected chi connectivity index (χ2v) is 4.48. The second kappa shape index (κ2) is 4.67. The first kappa shape index (κ1) is 12.4. The molecule has 1 heterocycles. The highest BCUT2D eigenvalue weighted by Gasteiger charge is 2.24. The summed E-state index contributed by atoms with van der Waals surface area (Å²) in [4.78, 5) is 36.3. The molecule has 0 aliphatic heterocycles. The fraction of sp³-hybridized carbons (Fsp3) is 0.545. The van der Waals surface area contributed by atoms with Gasteiger partial charge in [0.25, 0.3) is 11.5 Å². The molecular weight excluding hydrogens is 238 g/mol. The van der Waals surface area contributed by atoms with Crippen LogP contribution in [-0.4, -0.2) is 20.6 Å². The van der Waals surface area contributed by atoms with Crippen molar-refractivity contribution in [3.8, 4) is 5.88 Å². The maximum absolute atomic E-state index is 11.7. The van der Waals surface area contributed by atoms with Crippen LogP contribution >= 0.6 is 0 Å². The highest BCUT2D eigenvalue weighted by molar-refractivity contribution is 5.94. The van der Waals surface area contributed by atoms with Crippen LogP contribution in [0.15, 0.2) is 9.59 Å². The van der Waals surface area contributed by atoms with Crippen molar-refractivity contribution in [1.29, 1.82) is 0 Å². The molecule has 2 rings (SSSR count). The van der Waals surface area contributed by atoms with Gasteiger partial charge in [0.2, 0.25) is 5.88 Å². The summed E-state index contributed by atoms with van der Waals surface area (Å²) in [7, 11) is 0. The first-order valence-corrected chi connectivity index (χ1v) is 5.90. The summed E-state index contributed by atoms with van der Waals surface area (Å²) in [6.45, 7) is 0.